The van der Waals surface area contributed by atoms with Gasteiger partial charge >= 0.3 is 5.97 Å². The molecule has 5 nitrogen and oxygen atoms in total. The van der Waals surface area contributed by atoms with Crippen LogP contribution in [0.1, 0.15) is 33.1 Å². The minimum absolute atomic E-state index is 0.0142. The molecule has 0 bridgehead atoms. The van der Waals surface area contributed by atoms with Gasteiger partial charge in [0.25, 0.3) is 0 Å². The fourth-order valence-corrected chi connectivity index (χ4v) is 3.16. The molecule has 1 unspecified atom stereocenters. The number of halogens is 1. The molecule has 0 spiro atoms. The molecule has 1 atom stereocenters. The summed E-state index contributed by atoms with van der Waals surface area (Å²) < 4.78 is 0. The second-order valence-electron chi connectivity index (χ2n) is 6.89. The van der Waals surface area contributed by atoms with E-state index in [0.29, 0.717) is 5.02 Å². The summed E-state index contributed by atoms with van der Waals surface area (Å²) in [6.45, 7) is 5.20. The van der Waals surface area contributed by atoms with Crippen molar-refractivity contribution in [3.63, 3.8) is 0 Å². The highest BCUT2D eigenvalue weighted by molar-refractivity contribution is 6.30. The average molecular weight is 339 g/mol. The van der Waals surface area contributed by atoms with E-state index in [1.807, 2.05) is 24.3 Å². The van der Waals surface area contributed by atoms with E-state index in [0.717, 1.165) is 25.2 Å². The van der Waals surface area contributed by atoms with E-state index in [4.69, 9.17) is 16.7 Å². The van der Waals surface area contributed by atoms with Crippen molar-refractivity contribution in [2.24, 2.45) is 5.41 Å². The lowest BCUT2D eigenvalue weighted by Gasteiger charge is -2.23. The van der Waals surface area contributed by atoms with Gasteiger partial charge in [0.2, 0.25) is 5.91 Å². The third-order valence-electron chi connectivity index (χ3n) is 4.00. The Labute approximate surface area is 141 Å². The maximum atomic E-state index is 12.1. The number of aliphatic carboxylic acids is 1. The first-order valence-electron chi connectivity index (χ1n) is 7.77. The molecule has 0 aromatic heterocycles. The Morgan fingerprint density at radius 1 is 1.39 bits per heavy atom. The lowest BCUT2D eigenvalue weighted by Crippen LogP contribution is -2.39. The Kier molecular flexibility index (Phi) is 5.52. The quantitative estimate of drug-likeness (QED) is 0.836. The van der Waals surface area contributed by atoms with Gasteiger partial charge in [-0.25, -0.2) is 0 Å². The minimum Gasteiger partial charge on any atom is -0.481 e. The molecule has 0 radical (unpaired) electrons. The fourth-order valence-electron chi connectivity index (χ4n) is 2.97. The number of carbonyl (C=O) groups excluding carboxylic acids is 1. The molecule has 1 amide bonds. The summed E-state index contributed by atoms with van der Waals surface area (Å²) in [7, 11) is 0. The summed E-state index contributed by atoms with van der Waals surface area (Å²) in [5.74, 6) is -0.968. The summed E-state index contributed by atoms with van der Waals surface area (Å²) in [5, 5.41) is 12.6. The number of amides is 1. The lowest BCUT2D eigenvalue weighted by atomic mass is 9.85. The SMILES string of the molecule is CC(C)(CC(=O)O)CC(=O)NC1CCN(c2cccc(Cl)c2)C1. The van der Waals surface area contributed by atoms with Crippen LogP contribution in [0.5, 0.6) is 0 Å². The largest absolute Gasteiger partial charge is 0.481 e. The van der Waals surface area contributed by atoms with E-state index in [1.54, 1.807) is 13.8 Å². The first-order valence-corrected chi connectivity index (χ1v) is 8.15. The van der Waals surface area contributed by atoms with Gasteiger partial charge < -0.3 is 15.3 Å². The lowest BCUT2D eigenvalue weighted by molar-refractivity contribution is -0.139. The van der Waals surface area contributed by atoms with Crippen LogP contribution >= 0.6 is 11.6 Å². The topological polar surface area (TPSA) is 69.6 Å². The second kappa shape index (κ2) is 7.21. The number of carboxylic acids is 1. The Bertz CT molecular complexity index is 589. The van der Waals surface area contributed by atoms with E-state index in [1.165, 1.54) is 0 Å². The van der Waals surface area contributed by atoms with Crippen molar-refractivity contribution in [3.05, 3.63) is 29.3 Å². The van der Waals surface area contributed by atoms with Gasteiger partial charge in [0.05, 0.1) is 6.42 Å². The van der Waals surface area contributed by atoms with Crippen LogP contribution in [0.25, 0.3) is 0 Å². The zero-order valence-corrected chi connectivity index (χ0v) is 14.3. The first-order chi connectivity index (χ1) is 10.7. The Balaban J connectivity index is 1.85. The zero-order valence-electron chi connectivity index (χ0n) is 13.5. The summed E-state index contributed by atoms with van der Waals surface area (Å²) in [6.07, 6.45) is 1.07. The van der Waals surface area contributed by atoms with Crippen LogP contribution in [0.15, 0.2) is 24.3 Å². The number of nitrogens with zero attached hydrogens (tertiary/aromatic N) is 1. The highest BCUT2D eigenvalue weighted by Gasteiger charge is 2.28. The number of hydrogen-bond acceptors (Lipinski definition) is 3. The predicted molar refractivity (Wildman–Crippen MR) is 90.9 cm³/mol. The van der Waals surface area contributed by atoms with Crippen molar-refractivity contribution >= 4 is 29.2 Å². The maximum Gasteiger partial charge on any atom is 0.303 e. The Hall–Kier alpha value is -1.75. The molecule has 2 rings (SSSR count). The van der Waals surface area contributed by atoms with E-state index in [9.17, 15) is 9.59 Å². The molecule has 0 aliphatic carbocycles. The smallest absolute Gasteiger partial charge is 0.303 e. The van der Waals surface area contributed by atoms with Crippen LogP contribution in [-0.4, -0.2) is 36.1 Å². The number of hydrogen-bond donors (Lipinski definition) is 2. The fraction of sp³-hybridized carbons (Fsp3) is 0.529. The van der Waals surface area contributed by atoms with E-state index in [-0.39, 0.29) is 24.8 Å². The average Bonchev–Trinajstić information content (AvgIpc) is 2.84. The van der Waals surface area contributed by atoms with Gasteiger partial charge in [0.1, 0.15) is 0 Å². The summed E-state index contributed by atoms with van der Waals surface area (Å²) >= 11 is 6.01. The van der Waals surface area contributed by atoms with Crippen LogP contribution in [-0.2, 0) is 9.59 Å². The molecule has 23 heavy (non-hydrogen) atoms. The highest BCUT2D eigenvalue weighted by Crippen LogP contribution is 2.26. The van der Waals surface area contributed by atoms with Crippen LogP contribution in [0, 0.1) is 5.41 Å². The molecule has 126 valence electrons. The van der Waals surface area contributed by atoms with Gasteiger partial charge in [-0.3, -0.25) is 9.59 Å². The summed E-state index contributed by atoms with van der Waals surface area (Å²) in [4.78, 5) is 25.2. The first kappa shape index (κ1) is 17.6. The van der Waals surface area contributed by atoms with Crippen molar-refractivity contribution in [2.75, 3.05) is 18.0 Å². The monoisotopic (exact) mass is 338 g/mol. The zero-order chi connectivity index (χ0) is 17.0. The van der Waals surface area contributed by atoms with Crippen molar-refractivity contribution < 1.29 is 14.7 Å². The molecule has 0 saturated carbocycles. The Morgan fingerprint density at radius 3 is 2.78 bits per heavy atom. The molecule has 1 saturated heterocycles. The van der Waals surface area contributed by atoms with Crippen molar-refractivity contribution in [2.45, 2.75) is 39.2 Å². The summed E-state index contributed by atoms with van der Waals surface area (Å²) in [6, 6.07) is 7.76. The summed E-state index contributed by atoms with van der Waals surface area (Å²) in [5.41, 5.74) is 0.515. The number of anilines is 1. The van der Waals surface area contributed by atoms with Crippen LogP contribution < -0.4 is 10.2 Å². The van der Waals surface area contributed by atoms with E-state index in [2.05, 4.69) is 10.2 Å². The van der Waals surface area contributed by atoms with Crippen molar-refractivity contribution in [1.29, 1.82) is 0 Å². The van der Waals surface area contributed by atoms with Gasteiger partial charge in [-0.2, -0.15) is 0 Å². The molecule has 1 aromatic rings. The highest BCUT2D eigenvalue weighted by atomic mass is 35.5. The van der Waals surface area contributed by atoms with Crippen molar-refractivity contribution in [3.8, 4) is 0 Å². The number of carboxylic acid groups (broad SMARTS) is 1. The van der Waals surface area contributed by atoms with Gasteiger partial charge in [-0.05, 0) is 30.0 Å². The number of rotatable bonds is 6. The molecule has 2 N–H and O–H groups in total. The molecule has 1 aliphatic heterocycles. The van der Waals surface area contributed by atoms with Crippen LogP contribution in [0.2, 0.25) is 5.02 Å². The van der Waals surface area contributed by atoms with E-state index >= 15 is 0 Å². The second-order valence-corrected chi connectivity index (χ2v) is 7.33. The molecule has 1 aliphatic rings. The third kappa shape index (κ3) is 5.43. The molecule has 1 heterocycles. The van der Waals surface area contributed by atoms with Gasteiger partial charge in [-0.15, -0.1) is 0 Å². The van der Waals surface area contributed by atoms with E-state index < -0.39 is 11.4 Å². The maximum absolute atomic E-state index is 12.1. The molecule has 1 fully saturated rings. The molecular formula is C17H23ClN2O3. The van der Waals surface area contributed by atoms with Crippen LogP contribution in [0.3, 0.4) is 0 Å². The molecule has 6 heteroatoms. The minimum atomic E-state index is -0.879. The molecule has 1 aromatic carbocycles. The number of carbonyl (C=O) groups is 2. The number of nitrogens with one attached hydrogen (secondary N) is 1. The third-order valence-corrected chi connectivity index (χ3v) is 4.23. The standard InChI is InChI=1S/C17H23ClN2O3/c1-17(2,10-16(22)23)9-15(21)19-13-6-7-20(11-13)14-5-3-4-12(18)8-14/h3-5,8,13H,6-7,9-11H2,1-2H3,(H,19,21)(H,22,23). The van der Waals surface area contributed by atoms with Gasteiger partial charge in [-0.1, -0.05) is 31.5 Å². The van der Waals surface area contributed by atoms with Gasteiger partial charge in [0, 0.05) is 36.3 Å². The molecular weight excluding hydrogens is 316 g/mol. The van der Waals surface area contributed by atoms with Gasteiger partial charge in [0.15, 0.2) is 0 Å². The number of benzene rings is 1. The predicted octanol–water partition coefficient (Wildman–Crippen LogP) is 2.93. The van der Waals surface area contributed by atoms with Crippen molar-refractivity contribution in [1.82, 2.24) is 5.32 Å². The Morgan fingerprint density at radius 2 is 2.13 bits per heavy atom. The normalized spacial score (nSPS) is 18.0. The van der Waals surface area contributed by atoms with Crippen LogP contribution in [0.4, 0.5) is 5.69 Å².